The molecule has 1 heterocycles. The summed E-state index contributed by atoms with van der Waals surface area (Å²) in [6, 6.07) is 18.7. The number of fused-ring (bicyclic) bond motifs is 1. The number of ether oxygens (including phenoxy) is 2. The number of amides is 1. The summed E-state index contributed by atoms with van der Waals surface area (Å²) in [6.45, 7) is 4.16. The minimum Gasteiger partial charge on any atom is -0.454 e. The van der Waals surface area contributed by atoms with Gasteiger partial charge in [0, 0.05) is 18.4 Å². The maximum Gasteiger partial charge on any atom is 0.279 e. The van der Waals surface area contributed by atoms with Gasteiger partial charge < -0.3 is 19.7 Å². The molecule has 170 valence electrons. The number of nitro benzene ring substituents is 1. The van der Waals surface area contributed by atoms with Crippen molar-refractivity contribution in [3.8, 4) is 11.5 Å². The third kappa shape index (κ3) is 4.59. The van der Waals surface area contributed by atoms with E-state index < -0.39 is 16.9 Å². The number of benzene rings is 3. The van der Waals surface area contributed by atoms with Crippen molar-refractivity contribution in [3.05, 3.63) is 88.0 Å². The predicted molar refractivity (Wildman–Crippen MR) is 126 cm³/mol. The lowest BCUT2D eigenvalue weighted by molar-refractivity contribution is -0.385. The number of nitrogens with zero attached hydrogens (tertiary/aromatic N) is 2. The molecule has 8 heteroatoms. The van der Waals surface area contributed by atoms with E-state index in [4.69, 9.17) is 9.47 Å². The van der Waals surface area contributed by atoms with Crippen LogP contribution in [-0.4, -0.2) is 24.7 Å². The van der Waals surface area contributed by atoms with Crippen molar-refractivity contribution in [3.63, 3.8) is 0 Å². The Hall–Kier alpha value is -4.07. The molecule has 0 aromatic heterocycles. The fourth-order valence-electron chi connectivity index (χ4n) is 3.82. The van der Waals surface area contributed by atoms with Crippen molar-refractivity contribution in [2.45, 2.75) is 25.8 Å². The molecule has 0 saturated heterocycles. The molecule has 8 nitrogen and oxygen atoms in total. The lowest BCUT2D eigenvalue weighted by Crippen LogP contribution is -2.35. The second kappa shape index (κ2) is 9.20. The van der Waals surface area contributed by atoms with Crippen molar-refractivity contribution in [2.24, 2.45) is 0 Å². The molecule has 1 atom stereocenters. The summed E-state index contributed by atoms with van der Waals surface area (Å²) in [4.78, 5) is 26.7. The van der Waals surface area contributed by atoms with Crippen LogP contribution in [0.25, 0.3) is 0 Å². The molecule has 0 spiro atoms. The maximum atomic E-state index is 13.6. The summed E-state index contributed by atoms with van der Waals surface area (Å²) in [5.74, 6) is 0.621. The molecule has 4 rings (SSSR count). The molecule has 33 heavy (non-hydrogen) atoms. The number of anilines is 2. The van der Waals surface area contributed by atoms with Gasteiger partial charge in [-0.3, -0.25) is 14.9 Å². The molecule has 3 aromatic rings. The monoisotopic (exact) mass is 447 g/mol. The highest BCUT2D eigenvalue weighted by atomic mass is 16.7. The number of carbonyl (C=O) groups excluding carboxylic acids is 1. The topological polar surface area (TPSA) is 93.9 Å². The van der Waals surface area contributed by atoms with Gasteiger partial charge in [-0.1, -0.05) is 44.2 Å². The normalized spacial score (nSPS) is 13.0. The number of para-hydroxylation sites is 1. The van der Waals surface area contributed by atoms with Crippen molar-refractivity contribution < 1.29 is 19.2 Å². The van der Waals surface area contributed by atoms with Gasteiger partial charge in [0.1, 0.15) is 6.04 Å². The first-order valence-electron chi connectivity index (χ1n) is 10.6. The lowest BCUT2D eigenvalue weighted by Gasteiger charge is -2.29. The highest BCUT2D eigenvalue weighted by Crippen LogP contribution is 2.42. The van der Waals surface area contributed by atoms with Crippen LogP contribution >= 0.6 is 0 Å². The first-order chi connectivity index (χ1) is 15.8. The summed E-state index contributed by atoms with van der Waals surface area (Å²) in [7, 11) is 1.73. The van der Waals surface area contributed by atoms with Gasteiger partial charge in [0.2, 0.25) is 6.79 Å². The molecular formula is C25H25N3O5. The zero-order valence-corrected chi connectivity index (χ0v) is 18.6. The van der Waals surface area contributed by atoms with Crippen LogP contribution in [0, 0.1) is 10.1 Å². The Bertz CT molecular complexity index is 1160. The SMILES string of the molecule is CC(C)c1ccc(NC(=O)[C@@H](c2cc3c(cc2[N+](=O)[O-])OCO3)N(C)c2ccccc2)cc1. The molecule has 0 fully saturated rings. The van der Waals surface area contributed by atoms with E-state index in [0.717, 1.165) is 11.3 Å². The van der Waals surface area contributed by atoms with Crippen molar-refractivity contribution in [2.75, 3.05) is 24.1 Å². The second-order valence-electron chi connectivity index (χ2n) is 8.14. The van der Waals surface area contributed by atoms with Gasteiger partial charge in [-0.25, -0.2) is 0 Å². The van der Waals surface area contributed by atoms with E-state index in [9.17, 15) is 14.9 Å². The summed E-state index contributed by atoms with van der Waals surface area (Å²) < 4.78 is 10.8. The zero-order chi connectivity index (χ0) is 23.5. The number of carbonyl (C=O) groups is 1. The highest BCUT2D eigenvalue weighted by Gasteiger charge is 2.35. The van der Waals surface area contributed by atoms with Gasteiger partial charge in [0.05, 0.1) is 16.6 Å². The average Bonchev–Trinajstić information content (AvgIpc) is 3.27. The van der Waals surface area contributed by atoms with Crippen LogP contribution in [0.1, 0.15) is 36.9 Å². The number of likely N-dealkylation sites (N-methyl/N-ethyl adjacent to an activating group) is 1. The molecule has 0 saturated carbocycles. The molecule has 1 amide bonds. The molecule has 0 unspecified atom stereocenters. The van der Waals surface area contributed by atoms with Crippen molar-refractivity contribution in [1.82, 2.24) is 0 Å². The van der Waals surface area contributed by atoms with Crippen LogP contribution in [-0.2, 0) is 4.79 Å². The van der Waals surface area contributed by atoms with Crippen molar-refractivity contribution >= 4 is 23.0 Å². The predicted octanol–water partition coefficient (Wildman–Crippen LogP) is 5.26. The van der Waals surface area contributed by atoms with Crippen LogP contribution < -0.4 is 19.7 Å². The number of rotatable bonds is 7. The Morgan fingerprint density at radius 3 is 2.27 bits per heavy atom. The van der Waals surface area contributed by atoms with Crippen LogP contribution in [0.2, 0.25) is 0 Å². The smallest absolute Gasteiger partial charge is 0.279 e. The van der Waals surface area contributed by atoms with Gasteiger partial charge in [0.25, 0.3) is 11.6 Å². The molecule has 0 radical (unpaired) electrons. The molecular weight excluding hydrogens is 422 g/mol. The third-order valence-electron chi connectivity index (χ3n) is 5.66. The van der Waals surface area contributed by atoms with Crippen LogP contribution in [0.3, 0.4) is 0 Å². The Morgan fingerprint density at radius 2 is 1.67 bits per heavy atom. The van der Waals surface area contributed by atoms with Gasteiger partial charge in [-0.15, -0.1) is 0 Å². The van der Waals surface area contributed by atoms with Gasteiger partial charge in [-0.05, 0) is 41.8 Å². The van der Waals surface area contributed by atoms with Gasteiger partial charge in [0.15, 0.2) is 11.5 Å². The Kier molecular flexibility index (Phi) is 6.17. The standard InChI is InChI=1S/C25H25N3O5/c1-16(2)17-9-11-18(12-10-17)26-25(29)24(27(3)19-7-5-4-6-8-19)20-13-22-23(33-15-32-22)14-21(20)28(30)31/h4-14,16,24H,15H2,1-3H3,(H,26,29)/t24-/m1/s1. The largest absolute Gasteiger partial charge is 0.454 e. The maximum absolute atomic E-state index is 13.6. The highest BCUT2D eigenvalue weighted by molar-refractivity contribution is 5.98. The number of hydrogen-bond acceptors (Lipinski definition) is 6. The summed E-state index contributed by atoms with van der Waals surface area (Å²) >= 11 is 0. The van der Waals surface area contributed by atoms with E-state index in [2.05, 4.69) is 19.2 Å². The summed E-state index contributed by atoms with van der Waals surface area (Å²) in [5, 5.41) is 14.8. The molecule has 3 aromatic carbocycles. The molecule has 1 N–H and O–H groups in total. The number of nitro groups is 1. The molecule has 1 aliphatic heterocycles. The van der Waals surface area contributed by atoms with E-state index in [1.54, 1.807) is 11.9 Å². The first-order valence-corrected chi connectivity index (χ1v) is 10.6. The summed E-state index contributed by atoms with van der Waals surface area (Å²) in [5.41, 5.74) is 2.50. The Labute approximate surface area is 191 Å². The third-order valence-corrected chi connectivity index (χ3v) is 5.66. The van der Waals surface area contributed by atoms with E-state index in [1.807, 2.05) is 54.6 Å². The van der Waals surface area contributed by atoms with Gasteiger partial charge >= 0.3 is 0 Å². The van der Waals surface area contributed by atoms with Crippen LogP contribution in [0.15, 0.2) is 66.7 Å². The van der Waals surface area contributed by atoms with E-state index in [-0.39, 0.29) is 23.8 Å². The fourth-order valence-corrected chi connectivity index (χ4v) is 3.82. The number of nitrogens with one attached hydrogen (secondary N) is 1. The Morgan fingerprint density at radius 1 is 1.03 bits per heavy atom. The minimum absolute atomic E-state index is 0.0243. The molecule has 0 bridgehead atoms. The molecule has 1 aliphatic rings. The second-order valence-corrected chi connectivity index (χ2v) is 8.14. The lowest BCUT2D eigenvalue weighted by atomic mass is 10.00. The van der Waals surface area contributed by atoms with Gasteiger partial charge in [-0.2, -0.15) is 0 Å². The average molecular weight is 447 g/mol. The van der Waals surface area contributed by atoms with E-state index in [0.29, 0.717) is 17.4 Å². The van der Waals surface area contributed by atoms with Crippen LogP contribution in [0.4, 0.5) is 17.1 Å². The van der Waals surface area contributed by atoms with E-state index >= 15 is 0 Å². The number of hydrogen-bond donors (Lipinski definition) is 1. The molecule has 0 aliphatic carbocycles. The summed E-state index contributed by atoms with van der Waals surface area (Å²) in [6.07, 6.45) is 0. The fraction of sp³-hybridized carbons (Fsp3) is 0.240. The Balaban J connectivity index is 1.76. The quantitative estimate of drug-likeness (QED) is 0.392. The van der Waals surface area contributed by atoms with Crippen LogP contribution in [0.5, 0.6) is 11.5 Å². The van der Waals surface area contributed by atoms with Crippen molar-refractivity contribution in [1.29, 1.82) is 0 Å². The minimum atomic E-state index is -0.993. The van der Waals surface area contributed by atoms with E-state index in [1.165, 1.54) is 12.1 Å². The zero-order valence-electron chi connectivity index (χ0n) is 18.6. The first kappa shape index (κ1) is 22.1.